The number of rotatable bonds is 8. The van der Waals surface area contributed by atoms with Crippen LogP contribution in [0.25, 0.3) is 10.8 Å². The van der Waals surface area contributed by atoms with E-state index in [1.54, 1.807) is 28.1 Å². The SMILES string of the molecule is O=CCCCC(=O)NN1CCN(C(=O)c2cc(Cc3n[nH]c(=O)c4ccccc34)ccc2F)CC1. The lowest BCUT2D eigenvalue weighted by Gasteiger charge is -2.34. The molecule has 4 rings (SSSR count). The number of unbranched alkanes of at least 4 members (excludes halogenated alkanes) is 1. The third kappa shape index (κ3) is 5.78. The first-order valence-electron chi connectivity index (χ1n) is 11.5. The van der Waals surface area contributed by atoms with Crippen LogP contribution >= 0.6 is 0 Å². The van der Waals surface area contributed by atoms with Crippen LogP contribution in [0, 0.1) is 5.82 Å². The van der Waals surface area contributed by atoms with Crippen molar-refractivity contribution in [3.05, 3.63) is 75.5 Å². The molecule has 10 heteroatoms. The number of nitrogens with zero attached hydrogens (tertiary/aromatic N) is 3. The Kier molecular flexibility index (Phi) is 7.61. The number of nitrogens with one attached hydrogen (secondary N) is 2. The van der Waals surface area contributed by atoms with Gasteiger partial charge in [0.15, 0.2) is 0 Å². The first-order chi connectivity index (χ1) is 17.0. The fraction of sp³-hybridized carbons (Fsp3) is 0.320. The van der Waals surface area contributed by atoms with Gasteiger partial charge in [0.1, 0.15) is 12.1 Å². The van der Waals surface area contributed by atoms with E-state index in [0.717, 1.165) is 6.29 Å². The van der Waals surface area contributed by atoms with Crippen LogP contribution in [0.5, 0.6) is 0 Å². The predicted molar refractivity (Wildman–Crippen MR) is 127 cm³/mol. The van der Waals surface area contributed by atoms with Crippen LogP contribution in [0.1, 0.15) is 40.9 Å². The third-order valence-electron chi connectivity index (χ3n) is 5.98. The normalized spacial score (nSPS) is 14.1. The third-order valence-corrected chi connectivity index (χ3v) is 5.98. The van der Waals surface area contributed by atoms with Crippen molar-refractivity contribution in [3.63, 3.8) is 0 Å². The zero-order valence-corrected chi connectivity index (χ0v) is 19.1. The number of aldehydes is 1. The average molecular weight is 480 g/mol. The molecule has 2 heterocycles. The zero-order chi connectivity index (χ0) is 24.8. The van der Waals surface area contributed by atoms with Gasteiger partial charge in [-0.15, -0.1) is 0 Å². The van der Waals surface area contributed by atoms with Gasteiger partial charge in [0.2, 0.25) is 5.91 Å². The number of carbonyl (C=O) groups excluding carboxylic acids is 3. The van der Waals surface area contributed by atoms with Crippen molar-refractivity contribution >= 4 is 28.9 Å². The molecule has 2 aromatic carbocycles. The van der Waals surface area contributed by atoms with E-state index in [1.807, 2.05) is 12.1 Å². The van der Waals surface area contributed by atoms with Gasteiger partial charge in [-0.1, -0.05) is 24.3 Å². The maximum atomic E-state index is 14.6. The molecule has 1 aliphatic heterocycles. The quantitative estimate of drug-likeness (QED) is 0.376. The van der Waals surface area contributed by atoms with Crippen molar-refractivity contribution in [2.24, 2.45) is 0 Å². The first kappa shape index (κ1) is 24.2. The summed E-state index contributed by atoms with van der Waals surface area (Å²) in [4.78, 5) is 49.0. The minimum Gasteiger partial charge on any atom is -0.336 e. The summed E-state index contributed by atoms with van der Waals surface area (Å²) in [6.07, 6.45) is 2.20. The second-order valence-electron chi connectivity index (χ2n) is 8.41. The molecule has 0 unspecified atom stereocenters. The molecule has 0 radical (unpaired) electrons. The number of amides is 2. The monoisotopic (exact) mass is 479 g/mol. The average Bonchev–Trinajstić information content (AvgIpc) is 2.87. The Labute approximate surface area is 200 Å². The van der Waals surface area contributed by atoms with Crippen LogP contribution in [0.2, 0.25) is 0 Å². The molecule has 2 amide bonds. The number of hydrogen-bond donors (Lipinski definition) is 2. The molecule has 1 fully saturated rings. The summed E-state index contributed by atoms with van der Waals surface area (Å²) in [5.41, 5.74) is 3.79. The summed E-state index contributed by atoms with van der Waals surface area (Å²) in [5, 5.41) is 9.60. The number of hydrogen-bond acceptors (Lipinski definition) is 6. The smallest absolute Gasteiger partial charge is 0.272 e. The number of hydrazine groups is 1. The Hall–Kier alpha value is -3.92. The number of benzene rings is 2. The minimum atomic E-state index is -0.607. The Morgan fingerprint density at radius 1 is 1.09 bits per heavy atom. The van der Waals surface area contributed by atoms with E-state index in [0.29, 0.717) is 67.5 Å². The number of fused-ring (bicyclic) bond motifs is 1. The second kappa shape index (κ2) is 11.0. The molecular weight excluding hydrogens is 453 g/mol. The molecule has 2 N–H and O–H groups in total. The van der Waals surface area contributed by atoms with Crippen molar-refractivity contribution in [1.29, 1.82) is 0 Å². The maximum Gasteiger partial charge on any atom is 0.272 e. The molecule has 0 spiro atoms. The van der Waals surface area contributed by atoms with Gasteiger partial charge in [0.05, 0.1) is 16.6 Å². The summed E-state index contributed by atoms with van der Waals surface area (Å²) >= 11 is 0. The van der Waals surface area contributed by atoms with Crippen molar-refractivity contribution in [3.8, 4) is 0 Å². The molecule has 0 bridgehead atoms. The number of aromatic nitrogens is 2. The highest BCUT2D eigenvalue weighted by molar-refractivity contribution is 5.95. The van der Waals surface area contributed by atoms with E-state index in [4.69, 9.17) is 0 Å². The summed E-state index contributed by atoms with van der Waals surface area (Å²) in [6, 6.07) is 11.5. The molecule has 0 saturated carbocycles. The predicted octanol–water partition coefficient (Wildman–Crippen LogP) is 1.81. The lowest BCUT2D eigenvalue weighted by molar-refractivity contribution is -0.126. The molecule has 3 aromatic rings. The van der Waals surface area contributed by atoms with Crippen molar-refractivity contribution in [1.82, 2.24) is 25.5 Å². The van der Waals surface area contributed by atoms with Crippen molar-refractivity contribution in [2.45, 2.75) is 25.7 Å². The minimum absolute atomic E-state index is 0.0254. The lowest BCUT2D eigenvalue weighted by Crippen LogP contribution is -2.54. The van der Waals surface area contributed by atoms with Gasteiger partial charge in [0, 0.05) is 50.8 Å². The van der Waals surface area contributed by atoms with Gasteiger partial charge < -0.3 is 9.69 Å². The summed E-state index contributed by atoms with van der Waals surface area (Å²) < 4.78 is 14.6. The topological polar surface area (TPSA) is 115 Å². The van der Waals surface area contributed by atoms with Crippen LogP contribution in [-0.2, 0) is 16.0 Å². The number of piperazine rings is 1. The Balaban J connectivity index is 1.42. The van der Waals surface area contributed by atoms with Crippen LogP contribution < -0.4 is 11.0 Å². The first-order valence-corrected chi connectivity index (χ1v) is 11.5. The van der Waals surface area contributed by atoms with Crippen molar-refractivity contribution in [2.75, 3.05) is 26.2 Å². The van der Waals surface area contributed by atoms with E-state index >= 15 is 0 Å². The van der Waals surface area contributed by atoms with Gasteiger partial charge in [-0.2, -0.15) is 5.10 Å². The molecule has 35 heavy (non-hydrogen) atoms. The Morgan fingerprint density at radius 2 is 1.83 bits per heavy atom. The highest BCUT2D eigenvalue weighted by atomic mass is 19.1. The fourth-order valence-corrected chi connectivity index (χ4v) is 4.12. The summed E-state index contributed by atoms with van der Waals surface area (Å²) in [6.45, 7) is 1.51. The molecule has 1 aliphatic rings. The largest absolute Gasteiger partial charge is 0.336 e. The molecule has 9 nitrogen and oxygen atoms in total. The Morgan fingerprint density at radius 3 is 2.57 bits per heavy atom. The summed E-state index contributed by atoms with van der Waals surface area (Å²) in [7, 11) is 0. The van der Waals surface area contributed by atoms with Gasteiger partial charge >= 0.3 is 0 Å². The van der Waals surface area contributed by atoms with Crippen LogP contribution in [-0.4, -0.2) is 64.4 Å². The second-order valence-corrected chi connectivity index (χ2v) is 8.41. The van der Waals surface area contributed by atoms with E-state index in [1.165, 1.54) is 12.1 Å². The highest BCUT2D eigenvalue weighted by Gasteiger charge is 2.25. The van der Waals surface area contributed by atoms with Crippen LogP contribution in [0.4, 0.5) is 4.39 Å². The van der Waals surface area contributed by atoms with E-state index in [9.17, 15) is 23.6 Å². The number of H-pyrrole nitrogens is 1. The molecule has 1 saturated heterocycles. The molecule has 182 valence electrons. The van der Waals surface area contributed by atoms with Gasteiger partial charge in [-0.3, -0.25) is 19.8 Å². The number of carbonyl (C=O) groups is 3. The maximum absolute atomic E-state index is 14.6. The molecule has 1 aromatic heterocycles. The molecular formula is C25H26FN5O4. The van der Waals surface area contributed by atoms with E-state index < -0.39 is 11.7 Å². The van der Waals surface area contributed by atoms with Gasteiger partial charge in [0.25, 0.3) is 11.5 Å². The zero-order valence-electron chi connectivity index (χ0n) is 19.1. The van der Waals surface area contributed by atoms with E-state index in [-0.39, 0.29) is 23.5 Å². The highest BCUT2D eigenvalue weighted by Crippen LogP contribution is 2.20. The van der Waals surface area contributed by atoms with Gasteiger partial charge in [-0.05, 0) is 30.2 Å². The molecule has 0 aliphatic carbocycles. The van der Waals surface area contributed by atoms with Gasteiger partial charge in [-0.25, -0.2) is 14.5 Å². The van der Waals surface area contributed by atoms with Crippen molar-refractivity contribution < 1.29 is 18.8 Å². The van der Waals surface area contributed by atoms with E-state index in [2.05, 4.69) is 15.6 Å². The number of halogens is 1. The molecule has 0 atom stereocenters. The summed E-state index contributed by atoms with van der Waals surface area (Å²) in [5.74, 6) is -1.20. The van der Waals surface area contributed by atoms with Crippen LogP contribution in [0.3, 0.4) is 0 Å². The lowest BCUT2D eigenvalue weighted by atomic mass is 10.0. The standard InChI is InChI=1S/C25H26FN5O4/c26-21-9-8-17(16-22-18-5-1-2-6-19(18)24(34)28-27-22)15-20(21)25(35)30-10-12-31(13-11-30)29-23(33)7-3-4-14-32/h1-2,5-6,8-9,14-15H,3-4,7,10-13,16H2,(H,28,34)(H,29,33). The number of aromatic amines is 1. The fourth-order valence-electron chi connectivity index (χ4n) is 4.12. The Bertz CT molecular complexity index is 1300. The van der Waals surface area contributed by atoms with Crippen LogP contribution in [0.15, 0.2) is 47.3 Å².